The standard InChI is InChI=1S/C22H44/c1-3-5-7-8-9-10-11-12-13-14-15-16-19-22(18-6-4-2)20-17-21-22/h3-21H2,1-2H3. The summed E-state index contributed by atoms with van der Waals surface area (Å²) in [7, 11) is 0. The molecule has 0 unspecified atom stereocenters. The van der Waals surface area contributed by atoms with E-state index < -0.39 is 0 Å². The monoisotopic (exact) mass is 308 g/mol. The van der Waals surface area contributed by atoms with E-state index in [9.17, 15) is 0 Å². The Morgan fingerprint density at radius 1 is 0.500 bits per heavy atom. The summed E-state index contributed by atoms with van der Waals surface area (Å²) < 4.78 is 0. The Labute approximate surface area is 141 Å². The number of rotatable bonds is 16. The first kappa shape index (κ1) is 20.0. The molecule has 1 rings (SSSR count). The highest BCUT2D eigenvalue weighted by Gasteiger charge is 2.35. The minimum Gasteiger partial charge on any atom is -0.0654 e. The summed E-state index contributed by atoms with van der Waals surface area (Å²) in [6.07, 6.45) is 28.3. The molecule has 0 heteroatoms. The van der Waals surface area contributed by atoms with Crippen LogP contribution in [0.15, 0.2) is 0 Å². The van der Waals surface area contributed by atoms with Crippen molar-refractivity contribution in [1.82, 2.24) is 0 Å². The van der Waals surface area contributed by atoms with E-state index >= 15 is 0 Å². The Morgan fingerprint density at radius 3 is 1.32 bits per heavy atom. The average Bonchev–Trinajstić information content (AvgIpc) is 2.50. The van der Waals surface area contributed by atoms with Crippen LogP contribution in [0.3, 0.4) is 0 Å². The van der Waals surface area contributed by atoms with Gasteiger partial charge in [-0.1, -0.05) is 110 Å². The summed E-state index contributed by atoms with van der Waals surface area (Å²) >= 11 is 0. The van der Waals surface area contributed by atoms with Crippen LogP contribution in [-0.2, 0) is 0 Å². The molecule has 0 N–H and O–H groups in total. The van der Waals surface area contributed by atoms with E-state index in [0.29, 0.717) is 0 Å². The summed E-state index contributed by atoms with van der Waals surface area (Å²) in [4.78, 5) is 0. The van der Waals surface area contributed by atoms with E-state index in [2.05, 4.69) is 13.8 Å². The van der Waals surface area contributed by atoms with E-state index in [1.807, 2.05) is 0 Å². The molecular weight excluding hydrogens is 264 g/mol. The van der Waals surface area contributed by atoms with Gasteiger partial charge in [-0.2, -0.15) is 0 Å². The highest BCUT2D eigenvalue weighted by Crippen LogP contribution is 2.48. The van der Waals surface area contributed by atoms with Crippen LogP contribution in [0.25, 0.3) is 0 Å². The van der Waals surface area contributed by atoms with E-state index in [1.165, 1.54) is 103 Å². The summed E-state index contributed by atoms with van der Waals surface area (Å²) in [6, 6.07) is 0. The van der Waals surface area contributed by atoms with Crippen LogP contribution in [-0.4, -0.2) is 0 Å². The van der Waals surface area contributed by atoms with Crippen molar-refractivity contribution in [2.24, 2.45) is 5.41 Å². The Balaban J connectivity index is 1.81. The minimum atomic E-state index is 0.814. The fraction of sp³-hybridized carbons (Fsp3) is 1.00. The molecule has 0 nitrogen and oxygen atoms in total. The number of unbranched alkanes of at least 4 members (excludes halogenated alkanes) is 12. The molecule has 0 aliphatic heterocycles. The van der Waals surface area contributed by atoms with Crippen LogP contribution in [0, 0.1) is 5.41 Å². The molecule has 0 radical (unpaired) electrons. The van der Waals surface area contributed by atoms with Gasteiger partial charge in [0.2, 0.25) is 0 Å². The molecule has 0 aromatic rings. The molecule has 0 atom stereocenters. The largest absolute Gasteiger partial charge is 0.0654 e. The van der Waals surface area contributed by atoms with Crippen LogP contribution < -0.4 is 0 Å². The second-order valence-electron chi connectivity index (χ2n) is 8.10. The van der Waals surface area contributed by atoms with Crippen molar-refractivity contribution < 1.29 is 0 Å². The van der Waals surface area contributed by atoms with Gasteiger partial charge < -0.3 is 0 Å². The van der Waals surface area contributed by atoms with Gasteiger partial charge in [-0.3, -0.25) is 0 Å². The summed E-state index contributed by atoms with van der Waals surface area (Å²) in [6.45, 7) is 4.65. The highest BCUT2D eigenvalue weighted by molar-refractivity contribution is 4.87. The Bertz CT molecular complexity index is 226. The fourth-order valence-corrected chi connectivity index (χ4v) is 4.19. The molecule has 0 amide bonds. The molecule has 0 saturated heterocycles. The lowest BCUT2D eigenvalue weighted by Gasteiger charge is -2.42. The highest BCUT2D eigenvalue weighted by atomic mass is 14.4. The smallest absolute Gasteiger partial charge is 0.0297 e. The van der Waals surface area contributed by atoms with Gasteiger partial charge in [0, 0.05) is 0 Å². The zero-order chi connectivity index (χ0) is 15.9. The maximum absolute atomic E-state index is 2.34. The summed E-state index contributed by atoms with van der Waals surface area (Å²) in [5, 5.41) is 0. The van der Waals surface area contributed by atoms with Gasteiger partial charge in [-0.05, 0) is 31.1 Å². The third-order valence-electron chi connectivity index (χ3n) is 6.04. The molecule has 0 spiro atoms. The maximum atomic E-state index is 2.34. The molecule has 0 aromatic heterocycles. The zero-order valence-corrected chi connectivity index (χ0v) is 15.9. The molecule has 1 aliphatic carbocycles. The van der Waals surface area contributed by atoms with Gasteiger partial charge in [0.05, 0.1) is 0 Å². The quantitative estimate of drug-likeness (QED) is 0.251. The van der Waals surface area contributed by atoms with Crippen molar-refractivity contribution in [3.63, 3.8) is 0 Å². The Kier molecular flexibility index (Phi) is 12.2. The second-order valence-corrected chi connectivity index (χ2v) is 8.10. The van der Waals surface area contributed by atoms with Gasteiger partial charge in [-0.15, -0.1) is 0 Å². The van der Waals surface area contributed by atoms with Gasteiger partial charge in [0.15, 0.2) is 0 Å². The Hall–Kier alpha value is 0. The van der Waals surface area contributed by atoms with Crippen LogP contribution in [0.5, 0.6) is 0 Å². The fourth-order valence-electron chi connectivity index (χ4n) is 4.19. The predicted octanol–water partition coefficient (Wildman–Crippen LogP) is 8.44. The van der Waals surface area contributed by atoms with Crippen LogP contribution >= 0.6 is 0 Å². The Morgan fingerprint density at radius 2 is 0.909 bits per heavy atom. The van der Waals surface area contributed by atoms with E-state index in [0.717, 1.165) is 5.41 Å². The van der Waals surface area contributed by atoms with Gasteiger partial charge in [0.1, 0.15) is 0 Å². The molecule has 0 bridgehead atoms. The molecule has 1 saturated carbocycles. The van der Waals surface area contributed by atoms with Crippen LogP contribution in [0.4, 0.5) is 0 Å². The van der Waals surface area contributed by atoms with Crippen molar-refractivity contribution in [2.45, 2.75) is 136 Å². The van der Waals surface area contributed by atoms with Crippen molar-refractivity contribution >= 4 is 0 Å². The normalized spacial score (nSPS) is 16.6. The molecule has 132 valence electrons. The maximum Gasteiger partial charge on any atom is -0.0297 e. The van der Waals surface area contributed by atoms with E-state index in [4.69, 9.17) is 0 Å². The molecule has 1 fully saturated rings. The first-order valence-corrected chi connectivity index (χ1v) is 10.8. The molecule has 0 heterocycles. The van der Waals surface area contributed by atoms with Crippen molar-refractivity contribution in [3.05, 3.63) is 0 Å². The lowest BCUT2D eigenvalue weighted by molar-refractivity contribution is 0.0984. The third-order valence-corrected chi connectivity index (χ3v) is 6.04. The second kappa shape index (κ2) is 13.4. The molecule has 0 aromatic carbocycles. The van der Waals surface area contributed by atoms with Crippen LogP contribution in [0.2, 0.25) is 0 Å². The third kappa shape index (κ3) is 9.21. The predicted molar refractivity (Wildman–Crippen MR) is 102 cm³/mol. The molecule has 22 heavy (non-hydrogen) atoms. The zero-order valence-electron chi connectivity index (χ0n) is 15.9. The summed E-state index contributed by atoms with van der Waals surface area (Å²) in [5.41, 5.74) is 0.814. The van der Waals surface area contributed by atoms with Gasteiger partial charge >= 0.3 is 0 Å². The lowest BCUT2D eigenvalue weighted by Crippen LogP contribution is -2.29. The number of hydrogen-bond acceptors (Lipinski definition) is 0. The van der Waals surface area contributed by atoms with Crippen molar-refractivity contribution in [2.75, 3.05) is 0 Å². The van der Waals surface area contributed by atoms with Gasteiger partial charge in [-0.25, -0.2) is 0 Å². The number of hydrogen-bond donors (Lipinski definition) is 0. The first-order valence-electron chi connectivity index (χ1n) is 10.8. The van der Waals surface area contributed by atoms with E-state index in [1.54, 1.807) is 19.3 Å². The summed E-state index contributed by atoms with van der Waals surface area (Å²) in [5.74, 6) is 0. The SMILES string of the molecule is CCCCCCCCCCCCCCC1(CCCC)CCC1. The molecular formula is C22H44. The minimum absolute atomic E-state index is 0.814. The molecule has 1 aliphatic rings. The van der Waals surface area contributed by atoms with Crippen molar-refractivity contribution in [1.29, 1.82) is 0 Å². The average molecular weight is 309 g/mol. The van der Waals surface area contributed by atoms with Crippen LogP contribution in [0.1, 0.15) is 136 Å². The first-order chi connectivity index (χ1) is 10.8. The van der Waals surface area contributed by atoms with E-state index in [-0.39, 0.29) is 0 Å². The lowest BCUT2D eigenvalue weighted by atomic mass is 9.63. The van der Waals surface area contributed by atoms with Crippen molar-refractivity contribution in [3.8, 4) is 0 Å². The van der Waals surface area contributed by atoms with Gasteiger partial charge in [0.25, 0.3) is 0 Å². The topological polar surface area (TPSA) is 0 Å².